The van der Waals surface area contributed by atoms with Crippen LogP contribution in [0.2, 0.25) is 0 Å². The van der Waals surface area contributed by atoms with Crippen LogP contribution >= 0.6 is 11.3 Å². The van der Waals surface area contributed by atoms with Gasteiger partial charge in [0.25, 0.3) is 0 Å². The van der Waals surface area contributed by atoms with Crippen molar-refractivity contribution in [2.45, 2.75) is 39.3 Å². The second-order valence-corrected chi connectivity index (χ2v) is 6.67. The van der Waals surface area contributed by atoms with E-state index in [9.17, 15) is 0 Å². The fourth-order valence-electron chi connectivity index (χ4n) is 2.37. The van der Waals surface area contributed by atoms with Crippen LogP contribution in [0, 0.1) is 5.92 Å². The molecule has 1 fully saturated rings. The van der Waals surface area contributed by atoms with E-state index in [0.717, 1.165) is 29.8 Å². The molecule has 0 radical (unpaired) electrons. The molecule has 4 nitrogen and oxygen atoms in total. The van der Waals surface area contributed by atoms with Gasteiger partial charge in [0.15, 0.2) is 10.8 Å². The lowest BCUT2D eigenvalue weighted by Crippen LogP contribution is -2.26. The molecular formula is C14H22N4S. The molecule has 0 atom stereocenters. The number of aromatic nitrogens is 2. The van der Waals surface area contributed by atoms with Crippen molar-refractivity contribution < 1.29 is 0 Å². The van der Waals surface area contributed by atoms with Crippen molar-refractivity contribution in [2.75, 3.05) is 18.5 Å². The van der Waals surface area contributed by atoms with Crippen molar-refractivity contribution in [3.8, 4) is 0 Å². The largest absolute Gasteiger partial charge is 0.358 e. The van der Waals surface area contributed by atoms with Gasteiger partial charge in [-0.1, -0.05) is 13.8 Å². The molecule has 0 aromatic carbocycles. The van der Waals surface area contributed by atoms with Crippen molar-refractivity contribution in [1.82, 2.24) is 14.7 Å². The van der Waals surface area contributed by atoms with E-state index >= 15 is 0 Å². The highest BCUT2D eigenvalue weighted by molar-refractivity contribution is 7.15. The lowest BCUT2D eigenvalue weighted by atomic mass is 10.3. The first kappa shape index (κ1) is 12.9. The fraction of sp³-hybridized carbons (Fsp3) is 0.643. The molecule has 1 aliphatic rings. The van der Waals surface area contributed by atoms with E-state index in [1.165, 1.54) is 18.5 Å². The molecule has 1 N–H and O–H groups in total. The molecule has 2 aromatic rings. The van der Waals surface area contributed by atoms with Crippen molar-refractivity contribution in [3.63, 3.8) is 0 Å². The van der Waals surface area contributed by atoms with E-state index in [-0.39, 0.29) is 0 Å². The van der Waals surface area contributed by atoms with Crippen LogP contribution in [0.1, 0.15) is 32.4 Å². The van der Waals surface area contributed by atoms with Crippen molar-refractivity contribution in [3.05, 3.63) is 17.3 Å². The average Bonchev–Trinajstić information content (AvgIpc) is 2.92. The number of anilines is 1. The monoisotopic (exact) mass is 278 g/mol. The van der Waals surface area contributed by atoms with Gasteiger partial charge in [-0.15, -0.1) is 11.3 Å². The Balaban J connectivity index is 1.87. The summed E-state index contributed by atoms with van der Waals surface area (Å²) in [6.45, 7) is 6.37. The Bertz CT molecular complexity index is 553. The lowest BCUT2D eigenvalue weighted by molar-refractivity contribution is 0.578. The minimum atomic E-state index is 0.491. The van der Waals surface area contributed by atoms with Gasteiger partial charge in [-0.2, -0.15) is 0 Å². The van der Waals surface area contributed by atoms with Gasteiger partial charge in [0, 0.05) is 37.8 Å². The second-order valence-electron chi connectivity index (χ2n) is 5.80. The molecule has 0 aliphatic heterocycles. The molecule has 0 unspecified atom stereocenters. The number of fused-ring (bicyclic) bond motifs is 1. The summed E-state index contributed by atoms with van der Waals surface area (Å²) in [5, 5.41) is 5.61. The Kier molecular flexibility index (Phi) is 3.50. The summed E-state index contributed by atoms with van der Waals surface area (Å²) in [6.07, 6.45) is 4.89. The topological polar surface area (TPSA) is 32.6 Å². The van der Waals surface area contributed by atoms with E-state index in [4.69, 9.17) is 4.98 Å². The minimum absolute atomic E-state index is 0.491. The molecule has 2 aromatic heterocycles. The van der Waals surface area contributed by atoms with Crippen LogP contribution in [0.4, 0.5) is 5.82 Å². The first-order valence-corrected chi connectivity index (χ1v) is 7.92. The maximum absolute atomic E-state index is 4.80. The maximum atomic E-state index is 4.80. The standard InChI is InChI=1S/C14H22N4S/c1-10(2)15-8-12-13(17(3)9-11-4-5-11)16-14-18(12)6-7-19-14/h6-7,10-11,15H,4-5,8-9H2,1-3H3. The zero-order chi connectivity index (χ0) is 13.4. The predicted molar refractivity (Wildman–Crippen MR) is 81.0 cm³/mol. The first-order chi connectivity index (χ1) is 9.15. The molecule has 1 saturated carbocycles. The molecular weight excluding hydrogens is 256 g/mol. The number of nitrogens with one attached hydrogen (secondary N) is 1. The zero-order valence-electron chi connectivity index (χ0n) is 11.9. The van der Waals surface area contributed by atoms with Gasteiger partial charge in [-0.25, -0.2) is 4.98 Å². The van der Waals surface area contributed by atoms with Crippen LogP contribution < -0.4 is 10.2 Å². The van der Waals surface area contributed by atoms with Gasteiger partial charge in [0.1, 0.15) is 0 Å². The van der Waals surface area contributed by atoms with E-state index in [0.29, 0.717) is 6.04 Å². The summed E-state index contributed by atoms with van der Waals surface area (Å²) >= 11 is 1.71. The molecule has 0 spiro atoms. The van der Waals surface area contributed by atoms with E-state index < -0.39 is 0 Å². The molecule has 0 bridgehead atoms. The van der Waals surface area contributed by atoms with E-state index in [1.807, 2.05) is 0 Å². The summed E-state index contributed by atoms with van der Waals surface area (Å²) in [5.74, 6) is 2.03. The Labute approximate surface area is 118 Å². The number of imidazole rings is 1. The van der Waals surface area contributed by atoms with Crippen LogP contribution in [0.3, 0.4) is 0 Å². The minimum Gasteiger partial charge on any atom is -0.358 e. The summed E-state index contributed by atoms with van der Waals surface area (Å²) < 4.78 is 2.22. The summed E-state index contributed by atoms with van der Waals surface area (Å²) in [7, 11) is 2.17. The Morgan fingerprint density at radius 3 is 3.00 bits per heavy atom. The number of thiazole rings is 1. The fourth-order valence-corrected chi connectivity index (χ4v) is 3.09. The van der Waals surface area contributed by atoms with Crippen molar-refractivity contribution in [1.29, 1.82) is 0 Å². The second kappa shape index (κ2) is 5.13. The molecule has 2 heterocycles. The average molecular weight is 278 g/mol. The van der Waals surface area contributed by atoms with Crippen LogP contribution in [0.5, 0.6) is 0 Å². The molecule has 0 saturated heterocycles. The third kappa shape index (κ3) is 2.77. The van der Waals surface area contributed by atoms with Gasteiger partial charge in [-0.3, -0.25) is 4.40 Å². The summed E-state index contributed by atoms with van der Waals surface area (Å²) in [4.78, 5) is 8.22. The molecule has 3 rings (SSSR count). The number of hydrogen-bond acceptors (Lipinski definition) is 4. The highest BCUT2D eigenvalue weighted by atomic mass is 32.1. The van der Waals surface area contributed by atoms with Crippen molar-refractivity contribution >= 4 is 22.1 Å². The van der Waals surface area contributed by atoms with Crippen molar-refractivity contribution in [2.24, 2.45) is 5.92 Å². The highest BCUT2D eigenvalue weighted by Crippen LogP contribution is 2.32. The number of nitrogens with zero attached hydrogens (tertiary/aromatic N) is 3. The Hall–Kier alpha value is -1.07. The molecule has 104 valence electrons. The quantitative estimate of drug-likeness (QED) is 0.882. The van der Waals surface area contributed by atoms with Crippen LogP contribution in [-0.4, -0.2) is 29.0 Å². The van der Waals surface area contributed by atoms with Gasteiger partial charge in [0.2, 0.25) is 0 Å². The van der Waals surface area contributed by atoms with Gasteiger partial charge >= 0.3 is 0 Å². The third-order valence-electron chi connectivity index (χ3n) is 3.61. The van der Waals surface area contributed by atoms with Crippen LogP contribution in [0.15, 0.2) is 11.6 Å². The smallest absolute Gasteiger partial charge is 0.195 e. The van der Waals surface area contributed by atoms with Crippen LogP contribution in [-0.2, 0) is 6.54 Å². The normalized spacial score (nSPS) is 15.6. The number of rotatable bonds is 6. The summed E-state index contributed by atoms with van der Waals surface area (Å²) in [6, 6.07) is 0.491. The van der Waals surface area contributed by atoms with Crippen LogP contribution in [0.25, 0.3) is 4.96 Å². The molecule has 0 amide bonds. The molecule has 19 heavy (non-hydrogen) atoms. The highest BCUT2D eigenvalue weighted by Gasteiger charge is 2.25. The van der Waals surface area contributed by atoms with Gasteiger partial charge < -0.3 is 10.2 Å². The zero-order valence-corrected chi connectivity index (χ0v) is 12.7. The number of hydrogen-bond donors (Lipinski definition) is 1. The van der Waals surface area contributed by atoms with E-state index in [2.05, 4.69) is 47.1 Å². The SMILES string of the molecule is CC(C)NCc1c(N(C)CC2CC2)nc2sccn12. The van der Waals surface area contributed by atoms with Gasteiger partial charge in [0.05, 0.1) is 5.69 Å². The Morgan fingerprint density at radius 1 is 1.53 bits per heavy atom. The molecule has 5 heteroatoms. The van der Waals surface area contributed by atoms with Gasteiger partial charge in [-0.05, 0) is 18.8 Å². The van der Waals surface area contributed by atoms with E-state index in [1.54, 1.807) is 11.3 Å². The first-order valence-electron chi connectivity index (χ1n) is 7.04. The maximum Gasteiger partial charge on any atom is 0.195 e. The lowest BCUT2D eigenvalue weighted by Gasteiger charge is -2.18. The Morgan fingerprint density at radius 2 is 2.32 bits per heavy atom. The summed E-state index contributed by atoms with van der Waals surface area (Å²) in [5.41, 5.74) is 1.29. The molecule has 1 aliphatic carbocycles. The third-order valence-corrected chi connectivity index (χ3v) is 4.36. The predicted octanol–water partition coefficient (Wildman–Crippen LogP) is 2.74.